The Morgan fingerprint density at radius 3 is 3.04 bits per heavy atom. The number of para-hydroxylation sites is 1. The van der Waals surface area contributed by atoms with E-state index in [0.29, 0.717) is 17.5 Å². The first-order valence-electron chi connectivity index (χ1n) is 7.95. The summed E-state index contributed by atoms with van der Waals surface area (Å²) in [4.78, 5) is 28.3. The molecule has 1 aliphatic heterocycles. The van der Waals surface area contributed by atoms with Gasteiger partial charge in [0.05, 0.1) is 29.8 Å². The maximum atomic E-state index is 12.3. The number of carbonyl (C=O) groups excluding carboxylic acids is 1. The normalized spacial score (nSPS) is 18.0. The Bertz CT molecular complexity index is 735. The Kier molecular flexibility index (Phi) is 5.02. The lowest BCUT2D eigenvalue weighted by Crippen LogP contribution is -2.27. The Morgan fingerprint density at radius 1 is 1.35 bits per heavy atom. The van der Waals surface area contributed by atoms with E-state index in [1.807, 2.05) is 6.07 Å². The first kappa shape index (κ1) is 15.7. The molecule has 0 amide bonds. The molecule has 1 aromatic carbocycles. The first-order valence-corrected chi connectivity index (χ1v) is 7.95. The van der Waals surface area contributed by atoms with Gasteiger partial charge in [-0.3, -0.25) is 14.2 Å². The number of carbonyl (C=O) groups is 1. The van der Waals surface area contributed by atoms with Gasteiger partial charge >= 0.3 is 5.97 Å². The highest BCUT2D eigenvalue weighted by Gasteiger charge is 2.16. The number of rotatable bonds is 5. The number of nitrogens with zero attached hydrogens (tertiary/aromatic N) is 2. The van der Waals surface area contributed by atoms with Gasteiger partial charge in [0.1, 0.15) is 6.61 Å². The van der Waals surface area contributed by atoms with E-state index in [9.17, 15) is 9.59 Å². The zero-order valence-corrected chi connectivity index (χ0v) is 12.9. The second-order valence-electron chi connectivity index (χ2n) is 5.68. The monoisotopic (exact) mass is 316 g/mol. The summed E-state index contributed by atoms with van der Waals surface area (Å²) in [5.41, 5.74) is 0.518. The van der Waals surface area contributed by atoms with Crippen molar-refractivity contribution in [3.63, 3.8) is 0 Å². The van der Waals surface area contributed by atoms with Crippen LogP contribution in [0.3, 0.4) is 0 Å². The number of hydrogen-bond donors (Lipinski definition) is 0. The summed E-state index contributed by atoms with van der Waals surface area (Å²) in [5.74, 6) is -0.320. The van der Waals surface area contributed by atoms with Crippen LogP contribution in [-0.4, -0.2) is 34.8 Å². The predicted molar refractivity (Wildman–Crippen MR) is 85.2 cm³/mol. The molecule has 6 heteroatoms. The van der Waals surface area contributed by atoms with Crippen LogP contribution in [0.2, 0.25) is 0 Å². The molecule has 2 heterocycles. The van der Waals surface area contributed by atoms with Gasteiger partial charge in [-0.2, -0.15) is 0 Å². The highest BCUT2D eigenvalue weighted by Crippen LogP contribution is 2.13. The van der Waals surface area contributed by atoms with Crippen molar-refractivity contribution in [1.82, 2.24) is 9.55 Å². The Balaban J connectivity index is 1.54. The van der Waals surface area contributed by atoms with Crippen molar-refractivity contribution in [3.8, 4) is 0 Å². The molecule has 1 fully saturated rings. The van der Waals surface area contributed by atoms with E-state index in [1.54, 1.807) is 18.2 Å². The molecule has 0 radical (unpaired) electrons. The number of hydrogen-bond acceptors (Lipinski definition) is 5. The zero-order chi connectivity index (χ0) is 16.1. The molecule has 3 rings (SSSR count). The van der Waals surface area contributed by atoms with Crippen LogP contribution >= 0.6 is 0 Å². The van der Waals surface area contributed by atoms with Gasteiger partial charge in [-0.05, 0) is 31.4 Å². The quantitative estimate of drug-likeness (QED) is 0.788. The molecule has 0 N–H and O–H groups in total. The topological polar surface area (TPSA) is 70.4 Å². The van der Waals surface area contributed by atoms with E-state index in [-0.39, 0.29) is 30.6 Å². The van der Waals surface area contributed by atoms with Crippen LogP contribution in [0.1, 0.15) is 25.7 Å². The zero-order valence-electron chi connectivity index (χ0n) is 12.9. The maximum Gasteiger partial charge on any atom is 0.307 e. The van der Waals surface area contributed by atoms with Crippen molar-refractivity contribution in [3.05, 3.63) is 40.9 Å². The lowest BCUT2D eigenvalue weighted by atomic mass is 10.1. The summed E-state index contributed by atoms with van der Waals surface area (Å²) in [5, 5.41) is 0.555. The Labute approximate surface area is 134 Å². The van der Waals surface area contributed by atoms with E-state index in [0.717, 1.165) is 25.9 Å². The lowest BCUT2D eigenvalue weighted by Gasteiger charge is -2.22. The summed E-state index contributed by atoms with van der Waals surface area (Å²) in [6.45, 7) is 1.30. The summed E-state index contributed by atoms with van der Waals surface area (Å²) in [7, 11) is 0. The van der Waals surface area contributed by atoms with Crippen molar-refractivity contribution in [2.45, 2.75) is 38.3 Å². The van der Waals surface area contributed by atoms with Crippen LogP contribution in [0, 0.1) is 0 Å². The van der Waals surface area contributed by atoms with Gasteiger partial charge in [0.25, 0.3) is 5.56 Å². The summed E-state index contributed by atoms with van der Waals surface area (Å²) < 4.78 is 12.2. The van der Waals surface area contributed by atoms with Crippen LogP contribution in [0.5, 0.6) is 0 Å². The summed E-state index contributed by atoms with van der Waals surface area (Å²) >= 11 is 0. The third-order valence-corrected chi connectivity index (χ3v) is 3.99. The molecule has 1 aromatic heterocycles. The molecule has 2 aromatic rings. The van der Waals surface area contributed by atoms with Crippen LogP contribution in [0.25, 0.3) is 10.9 Å². The van der Waals surface area contributed by atoms with Crippen molar-refractivity contribution in [2.24, 2.45) is 0 Å². The number of esters is 1. The van der Waals surface area contributed by atoms with E-state index in [2.05, 4.69) is 4.98 Å². The number of aryl methyl sites for hydroxylation is 1. The third-order valence-electron chi connectivity index (χ3n) is 3.99. The first-order chi connectivity index (χ1) is 11.2. The van der Waals surface area contributed by atoms with Gasteiger partial charge in [-0.15, -0.1) is 0 Å². The minimum Gasteiger partial charge on any atom is -0.463 e. The number of benzene rings is 1. The van der Waals surface area contributed by atoms with Gasteiger partial charge < -0.3 is 9.47 Å². The van der Waals surface area contributed by atoms with Crippen LogP contribution in [-0.2, 0) is 20.8 Å². The molecule has 1 saturated heterocycles. The maximum absolute atomic E-state index is 12.3. The SMILES string of the molecule is O=C(CCn1cnc2ccccc2c1=O)OCC1CCCCO1. The average molecular weight is 316 g/mol. The lowest BCUT2D eigenvalue weighted by molar-refractivity contribution is -0.149. The van der Waals surface area contributed by atoms with Crippen LogP contribution < -0.4 is 5.56 Å². The van der Waals surface area contributed by atoms with Gasteiger partial charge in [0, 0.05) is 13.2 Å². The van der Waals surface area contributed by atoms with Gasteiger partial charge in [-0.1, -0.05) is 12.1 Å². The molecule has 1 atom stereocenters. The summed E-state index contributed by atoms with van der Waals surface area (Å²) in [6, 6.07) is 7.16. The Morgan fingerprint density at radius 2 is 2.22 bits per heavy atom. The molecule has 0 saturated carbocycles. The minimum absolute atomic E-state index is 0.0118. The molecule has 122 valence electrons. The van der Waals surface area contributed by atoms with E-state index >= 15 is 0 Å². The fourth-order valence-electron chi connectivity index (χ4n) is 2.67. The molecule has 6 nitrogen and oxygen atoms in total. The number of fused-ring (bicyclic) bond motifs is 1. The standard InChI is InChI=1S/C17H20N2O4/c20-16(23-11-13-5-3-4-10-22-13)8-9-19-12-18-15-7-2-1-6-14(15)17(19)21/h1-2,6-7,12-13H,3-5,8-11H2. The van der Waals surface area contributed by atoms with E-state index < -0.39 is 0 Å². The van der Waals surface area contributed by atoms with Gasteiger partial charge in [0.2, 0.25) is 0 Å². The van der Waals surface area contributed by atoms with Gasteiger partial charge in [0.15, 0.2) is 0 Å². The minimum atomic E-state index is -0.320. The molecule has 23 heavy (non-hydrogen) atoms. The van der Waals surface area contributed by atoms with Crippen molar-refractivity contribution in [2.75, 3.05) is 13.2 Å². The fourth-order valence-corrected chi connectivity index (χ4v) is 2.67. The average Bonchev–Trinajstić information content (AvgIpc) is 2.60. The number of aromatic nitrogens is 2. The highest BCUT2D eigenvalue weighted by molar-refractivity contribution is 5.77. The van der Waals surface area contributed by atoms with Crippen molar-refractivity contribution >= 4 is 16.9 Å². The molecule has 0 bridgehead atoms. The highest BCUT2D eigenvalue weighted by atomic mass is 16.6. The summed E-state index contributed by atoms with van der Waals surface area (Å²) in [6.07, 6.45) is 4.75. The smallest absolute Gasteiger partial charge is 0.307 e. The molecule has 0 spiro atoms. The molecule has 1 aliphatic rings. The second-order valence-corrected chi connectivity index (χ2v) is 5.68. The largest absolute Gasteiger partial charge is 0.463 e. The third kappa shape index (κ3) is 3.96. The van der Waals surface area contributed by atoms with Crippen molar-refractivity contribution < 1.29 is 14.3 Å². The van der Waals surface area contributed by atoms with Crippen molar-refractivity contribution in [1.29, 1.82) is 0 Å². The van der Waals surface area contributed by atoms with Crippen LogP contribution in [0.15, 0.2) is 35.4 Å². The second kappa shape index (κ2) is 7.37. The van der Waals surface area contributed by atoms with E-state index in [4.69, 9.17) is 9.47 Å². The molecule has 0 aliphatic carbocycles. The van der Waals surface area contributed by atoms with Gasteiger partial charge in [-0.25, -0.2) is 4.98 Å². The fraction of sp³-hybridized carbons (Fsp3) is 0.471. The Hall–Kier alpha value is -2.21. The van der Waals surface area contributed by atoms with Crippen LogP contribution in [0.4, 0.5) is 0 Å². The number of ether oxygens (including phenoxy) is 2. The molecule has 1 unspecified atom stereocenters. The predicted octanol–water partition coefficient (Wildman–Crippen LogP) is 1.90. The van der Waals surface area contributed by atoms with E-state index in [1.165, 1.54) is 10.9 Å². The molecular formula is C17H20N2O4. The molecular weight excluding hydrogens is 296 g/mol.